The van der Waals surface area contributed by atoms with Gasteiger partial charge >= 0.3 is 0 Å². The van der Waals surface area contributed by atoms with E-state index in [0.29, 0.717) is 0 Å². The van der Waals surface area contributed by atoms with E-state index in [-0.39, 0.29) is 38.8 Å². The van der Waals surface area contributed by atoms with Crippen molar-refractivity contribution in [2.24, 2.45) is 0 Å². The van der Waals surface area contributed by atoms with Crippen molar-refractivity contribution in [1.29, 1.82) is 0 Å². The summed E-state index contributed by atoms with van der Waals surface area (Å²) >= 11 is 11.4. The average Bonchev–Trinajstić information content (AvgIpc) is 3.11. The number of ketones is 1. The zero-order valence-corrected chi connectivity index (χ0v) is 29.5. The number of aliphatic hydroxyl groups excluding tert-OH is 2. The number of carbonyl (C=O) groups excluding carboxylic acids is 3. The molecule has 0 spiro atoms. The smallest absolute Gasteiger partial charge is 0.275 e. The standard InChI is InChI=1S/C25H25ClI3N3O9/c1-24(2)38-7-11(14(34)9-40-24)31-22(36)17-19(27)16(13(33)6-26)20(28)18(21(17)29)23(37)32(30-5)12-8-39-25(3,4)41-10-15(12)35/h7-10,30,34-35H,6H2,1-5H3,(H,31,36). The Morgan fingerprint density at radius 1 is 0.829 bits per heavy atom. The third kappa shape index (κ3) is 7.34. The Hall–Kier alpha value is -1.97. The number of hydrogen-bond acceptors (Lipinski definition) is 10. The van der Waals surface area contributed by atoms with Crippen LogP contribution in [0.15, 0.2) is 48.0 Å². The van der Waals surface area contributed by atoms with Crippen LogP contribution in [0, 0.1) is 10.7 Å². The molecule has 41 heavy (non-hydrogen) atoms. The monoisotopic (exact) mass is 927 g/mol. The van der Waals surface area contributed by atoms with Crippen molar-refractivity contribution in [3.63, 3.8) is 0 Å². The summed E-state index contributed by atoms with van der Waals surface area (Å²) in [6.07, 6.45) is 4.34. The van der Waals surface area contributed by atoms with Crippen molar-refractivity contribution in [1.82, 2.24) is 15.8 Å². The zero-order chi connectivity index (χ0) is 30.9. The fraction of sp³-hybridized carbons (Fsp3) is 0.320. The fourth-order valence-corrected chi connectivity index (χ4v) is 8.20. The number of carbonyl (C=O) groups is 3. The first-order valence-corrected chi connectivity index (χ1v) is 15.4. The minimum atomic E-state index is -1.13. The lowest BCUT2D eigenvalue weighted by Gasteiger charge is -2.26. The first kappa shape index (κ1) is 33.5. The van der Waals surface area contributed by atoms with Crippen molar-refractivity contribution in [2.75, 3.05) is 12.9 Å². The molecule has 0 fully saturated rings. The number of alkyl halides is 1. The molecule has 0 atom stereocenters. The van der Waals surface area contributed by atoms with E-state index in [1.807, 2.05) is 67.8 Å². The molecule has 0 bridgehead atoms. The van der Waals surface area contributed by atoms with Gasteiger partial charge in [-0.05, 0) is 67.8 Å². The van der Waals surface area contributed by atoms with Gasteiger partial charge in [0, 0.05) is 51.0 Å². The number of ether oxygens (including phenoxy) is 4. The van der Waals surface area contributed by atoms with E-state index in [1.54, 1.807) is 27.7 Å². The lowest BCUT2D eigenvalue weighted by Crippen LogP contribution is -2.42. The molecule has 1 aromatic rings. The first-order valence-electron chi connectivity index (χ1n) is 11.6. The number of benzene rings is 1. The van der Waals surface area contributed by atoms with E-state index in [0.717, 1.165) is 30.1 Å². The second kappa shape index (κ2) is 13.1. The summed E-state index contributed by atoms with van der Waals surface area (Å²) in [5, 5.41) is 24.5. The molecule has 0 aromatic heterocycles. The normalized spacial score (nSPS) is 17.4. The lowest BCUT2D eigenvalue weighted by molar-refractivity contribution is -0.142. The number of rotatable bonds is 7. The molecule has 0 aliphatic carbocycles. The number of Topliss-reactive ketones (excluding diaryl/α,β-unsaturated/α-hetero) is 1. The van der Waals surface area contributed by atoms with Crippen molar-refractivity contribution in [3.8, 4) is 0 Å². The number of nitrogens with zero attached hydrogens (tertiary/aromatic N) is 1. The van der Waals surface area contributed by atoms with Crippen LogP contribution < -0.4 is 10.7 Å². The van der Waals surface area contributed by atoms with Crippen LogP contribution >= 0.6 is 79.4 Å². The molecule has 0 saturated heterocycles. The SMILES string of the molecule is CNN(C(=O)c1c(I)c(C(=O)CCl)c(I)c(C(=O)NC2=COC(C)(C)OC=C2O)c1I)C1=COC(C)(C)OC=C1O. The molecule has 2 amide bonds. The van der Waals surface area contributed by atoms with Crippen molar-refractivity contribution < 1.29 is 43.5 Å². The molecule has 0 radical (unpaired) electrons. The van der Waals surface area contributed by atoms with Crippen LogP contribution in [-0.4, -0.2) is 57.3 Å². The van der Waals surface area contributed by atoms with E-state index >= 15 is 0 Å². The summed E-state index contributed by atoms with van der Waals surface area (Å²) in [4.78, 5) is 40.7. The lowest BCUT2D eigenvalue weighted by atomic mass is 10.0. The molecule has 0 unspecified atom stereocenters. The van der Waals surface area contributed by atoms with Gasteiger partial charge in [0.05, 0.1) is 17.0 Å². The zero-order valence-electron chi connectivity index (χ0n) is 22.2. The van der Waals surface area contributed by atoms with Crippen molar-refractivity contribution in [2.45, 2.75) is 39.3 Å². The van der Waals surface area contributed by atoms with Gasteiger partial charge in [0.2, 0.25) is 11.6 Å². The number of halogens is 4. The van der Waals surface area contributed by atoms with Gasteiger partial charge in [-0.3, -0.25) is 14.4 Å². The second-order valence-corrected chi connectivity index (χ2v) is 12.8. The number of aliphatic hydroxyl groups is 2. The average molecular weight is 928 g/mol. The van der Waals surface area contributed by atoms with Crippen molar-refractivity contribution in [3.05, 3.63) is 75.4 Å². The number of nitrogens with one attached hydrogen (secondary N) is 2. The maximum Gasteiger partial charge on any atom is 0.275 e. The highest BCUT2D eigenvalue weighted by molar-refractivity contribution is 14.1. The number of amides is 2. The molecule has 222 valence electrons. The molecule has 1 aromatic carbocycles. The molecule has 3 rings (SSSR count). The molecule has 2 heterocycles. The van der Waals surface area contributed by atoms with Crippen LogP contribution in [0.1, 0.15) is 58.8 Å². The quantitative estimate of drug-likeness (QED) is 0.123. The summed E-state index contributed by atoms with van der Waals surface area (Å²) in [6.45, 7) is 6.42. The highest BCUT2D eigenvalue weighted by Gasteiger charge is 2.35. The van der Waals surface area contributed by atoms with Crippen LogP contribution in [0.3, 0.4) is 0 Å². The maximum absolute atomic E-state index is 14.0. The molecular weight excluding hydrogens is 902 g/mol. The summed E-state index contributed by atoms with van der Waals surface area (Å²) < 4.78 is 22.4. The minimum absolute atomic E-state index is 0.0342. The third-order valence-corrected chi connectivity index (χ3v) is 8.91. The molecule has 0 saturated carbocycles. The van der Waals surface area contributed by atoms with E-state index in [4.69, 9.17) is 30.5 Å². The summed E-state index contributed by atoms with van der Waals surface area (Å²) in [5.74, 6) is -5.52. The topological polar surface area (TPSA) is 156 Å². The second-order valence-electron chi connectivity index (χ2n) is 9.25. The van der Waals surface area contributed by atoms with Gasteiger partial charge in [0.25, 0.3) is 11.8 Å². The van der Waals surface area contributed by atoms with Crippen LogP contribution in [-0.2, 0) is 18.9 Å². The Labute approximate surface area is 281 Å². The molecule has 2 aliphatic rings. The van der Waals surface area contributed by atoms with Crippen LogP contribution in [0.2, 0.25) is 0 Å². The summed E-state index contributed by atoms with van der Waals surface area (Å²) in [6, 6.07) is 0. The van der Waals surface area contributed by atoms with Crippen LogP contribution in [0.4, 0.5) is 0 Å². The van der Waals surface area contributed by atoms with Gasteiger partial charge in [-0.2, -0.15) is 0 Å². The highest BCUT2D eigenvalue weighted by Crippen LogP contribution is 2.35. The minimum Gasteiger partial charge on any atom is -0.503 e. The Bertz CT molecular complexity index is 1420. The van der Waals surface area contributed by atoms with E-state index in [9.17, 15) is 24.6 Å². The first-order chi connectivity index (χ1) is 19.0. The van der Waals surface area contributed by atoms with E-state index < -0.39 is 46.6 Å². The van der Waals surface area contributed by atoms with Crippen LogP contribution in [0.25, 0.3) is 0 Å². The fourth-order valence-electron chi connectivity index (χ4n) is 3.35. The van der Waals surface area contributed by atoms with Crippen LogP contribution in [0.5, 0.6) is 0 Å². The number of hydrazine groups is 1. The molecule has 4 N–H and O–H groups in total. The van der Waals surface area contributed by atoms with Gasteiger partial charge in [-0.25, -0.2) is 10.4 Å². The number of hydrogen-bond donors (Lipinski definition) is 4. The molecule has 2 aliphatic heterocycles. The Balaban J connectivity index is 2.18. The largest absolute Gasteiger partial charge is 0.503 e. The van der Waals surface area contributed by atoms with E-state index in [1.165, 1.54) is 7.05 Å². The Morgan fingerprint density at radius 2 is 1.32 bits per heavy atom. The third-order valence-electron chi connectivity index (χ3n) is 5.44. The molecule has 16 heteroatoms. The van der Waals surface area contributed by atoms with Gasteiger partial charge in [0.1, 0.15) is 36.4 Å². The van der Waals surface area contributed by atoms with Crippen molar-refractivity contribution >= 4 is 97.0 Å². The summed E-state index contributed by atoms with van der Waals surface area (Å²) in [5.41, 5.74) is 2.48. The Morgan fingerprint density at radius 3 is 1.88 bits per heavy atom. The predicted octanol–water partition coefficient (Wildman–Crippen LogP) is 5.28. The van der Waals surface area contributed by atoms with Gasteiger partial charge in [-0.15, -0.1) is 11.6 Å². The Kier molecular flexibility index (Phi) is 10.7. The van der Waals surface area contributed by atoms with Gasteiger partial charge < -0.3 is 34.5 Å². The molecular formula is C25H25ClI3N3O9. The predicted molar refractivity (Wildman–Crippen MR) is 172 cm³/mol. The highest BCUT2D eigenvalue weighted by atomic mass is 127. The van der Waals surface area contributed by atoms with Gasteiger partial charge in [0.15, 0.2) is 17.3 Å². The molecule has 12 nitrogen and oxygen atoms in total. The van der Waals surface area contributed by atoms with Gasteiger partial charge in [-0.1, -0.05) is 0 Å². The summed E-state index contributed by atoms with van der Waals surface area (Å²) in [7, 11) is 1.44. The maximum atomic E-state index is 14.0. The van der Waals surface area contributed by atoms with E-state index in [2.05, 4.69) is 10.7 Å².